The Morgan fingerprint density at radius 2 is 1.83 bits per heavy atom. The van der Waals surface area contributed by atoms with Crippen LogP contribution in [0, 0.1) is 11.3 Å². The highest BCUT2D eigenvalue weighted by molar-refractivity contribution is 7.98. The van der Waals surface area contributed by atoms with Crippen LogP contribution >= 0.6 is 11.8 Å². The van der Waals surface area contributed by atoms with Gasteiger partial charge in [-0.15, -0.1) is 10.2 Å². The van der Waals surface area contributed by atoms with E-state index in [1.54, 1.807) is 11.8 Å². The van der Waals surface area contributed by atoms with Crippen molar-refractivity contribution in [2.75, 3.05) is 31.2 Å². The maximum absolute atomic E-state index is 9.31. The normalized spacial score (nSPS) is 14.0. The first-order valence-electron chi connectivity index (χ1n) is 9.77. The van der Waals surface area contributed by atoms with Crippen molar-refractivity contribution in [1.82, 2.24) is 14.8 Å². The Hall–Kier alpha value is -2.82. The smallest absolute Gasteiger partial charge is 0.228 e. The molecule has 148 valence electrons. The predicted molar refractivity (Wildman–Crippen MR) is 115 cm³/mol. The maximum atomic E-state index is 9.31. The minimum atomic E-state index is 0.696. The molecular weight excluding hydrogens is 382 g/mol. The molecule has 0 N–H and O–H groups in total. The van der Waals surface area contributed by atoms with E-state index in [0.717, 1.165) is 60.8 Å². The molecule has 0 radical (unpaired) electrons. The molecule has 1 aromatic heterocycles. The number of hydrogen-bond acceptors (Lipinski definition) is 6. The summed E-state index contributed by atoms with van der Waals surface area (Å²) in [6.07, 6.45) is 0. The fraction of sp³-hybridized carbons (Fsp3) is 0.318. The van der Waals surface area contributed by atoms with E-state index >= 15 is 0 Å². The lowest BCUT2D eigenvalue weighted by Crippen LogP contribution is -2.38. The van der Waals surface area contributed by atoms with Crippen molar-refractivity contribution in [3.8, 4) is 17.2 Å². The summed E-state index contributed by atoms with van der Waals surface area (Å²) >= 11 is 1.70. The molecule has 0 aliphatic carbocycles. The lowest BCUT2D eigenvalue weighted by Gasteiger charge is -2.27. The highest BCUT2D eigenvalue weighted by Crippen LogP contribution is 2.28. The average molecular weight is 406 g/mol. The van der Waals surface area contributed by atoms with Gasteiger partial charge >= 0.3 is 0 Å². The summed E-state index contributed by atoms with van der Waals surface area (Å²) in [5, 5.41) is 19.1. The number of benzene rings is 2. The van der Waals surface area contributed by atoms with Crippen LogP contribution in [0.25, 0.3) is 11.1 Å². The Kier molecular flexibility index (Phi) is 6.13. The van der Waals surface area contributed by atoms with Crippen molar-refractivity contribution >= 4 is 17.7 Å². The third-order valence-electron chi connectivity index (χ3n) is 4.99. The van der Waals surface area contributed by atoms with E-state index in [9.17, 15) is 5.26 Å². The Morgan fingerprint density at radius 1 is 1.07 bits per heavy atom. The van der Waals surface area contributed by atoms with Crippen LogP contribution in [-0.4, -0.2) is 41.1 Å². The number of anilines is 1. The molecule has 0 unspecified atom stereocenters. The molecule has 1 fully saturated rings. The van der Waals surface area contributed by atoms with Gasteiger partial charge in [0.1, 0.15) is 0 Å². The minimum Gasteiger partial charge on any atom is -0.378 e. The molecule has 0 atom stereocenters. The average Bonchev–Trinajstić information content (AvgIpc) is 3.21. The van der Waals surface area contributed by atoms with E-state index in [1.807, 2.05) is 24.3 Å². The Morgan fingerprint density at radius 3 is 2.55 bits per heavy atom. The fourth-order valence-electron chi connectivity index (χ4n) is 3.42. The summed E-state index contributed by atoms with van der Waals surface area (Å²) in [4.78, 5) is 2.24. The van der Waals surface area contributed by atoms with E-state index < -0.39 is 0 Å². The van der Waals surface area contributed by atoms with Gasteiger partial charge in [0.05, 0.1) is 24.8 Å². The number of thioether (sulfide) groups is 1. The molecule has 2 aromatic carbocycles. The zero-order chi connectivity index (χ0) is 20.1. The second-order valence-corrected chi connectivity index (χ2v) is 7.71. The Balaban J connectivity index is 1.46. The molecule has 29 heavy (non-hydrogen) atoms. The van der Waals surface area contributed by atoms with Gasteiger partial charge in [-0.1, -0.05) is 54.2 Å². The molecular formula is C22H23N5OS. The van der Waals surface area contributed by atoms with E-state index in [1.165, 1.54) is 5.56 Å². The van der Waals surface area contributed by atoms with Crippen LogP contribution in [0.4, 0.5) is 5.95 Å². The molecule has 3 aromatic rings. The predicted octanol–water partition coefficient (Wildman–Crippen LogP) is 3.97. The van der Waals surface area contributed by atoms with Crippen LogP contribution in [0.15, 0.2) is 53.7 Å². The summed E-state index contributed by atoms with van der Waals surface area (Å²) in [6.45, 7) is 6.15. The molecule has 1 aliphatic heterocycles. The molecule has 0 bridgehead atoms. The number of nitrogens with zero attached hydrogens (tertiary/aromatic N) is 5. The molecule has 2 heterocycles. The zero-order valence-electron chi connectivity index (χ0n) is 16.4. The third kappa shape index (κ3) is 4.29. The molecule has 0 spiro atoms. The van der Waals surface area contributed by atoms with Crippen LogP contribution < -0.4 is 4.90 Å². The van der Waals surface area contributed by atoms with Gasteiger partial charge in [0.15, 0.2) is 5.16 Å². The van der Waals surface area contributed by atoms with Gasteiger partial charge in [-0.25, -0.2) is 0 Å². The Labute approximate surface area is 175 Å². The van der Waals surface area contributed by atoms with Crippen LogP contribution in [0.2, 0.25) is 0 Å². The first-order valence-corrected chi connectivity index (χ1v) is 10.8. The van der Waals surface area contributed by atoms with Crippen LogP contribution in [0.1, 0.15) is 18.1 Å². The Bertz CT molecular complexity index is 1000. The van der Waals surface area contributed by atoms with Crippen molar-refractivity contribution < 1.29 is 4.74 Å². The number of hydrogen-bond donors (Lipinski definition) is 0. The monoisotopic (exact) mass is 405 g/mol. The van der Waals surface area contributed by atoms with Crippen molar-refractivity contribution in [2.24, 2.45) is 0 Å². The van der Waals surface area contributed by atoms with Crippen LogP contribution in [-0.2, 0) is 17.0 Å². The molecule has 1 aliphatic rings. The van der Waals surface area contributed by atoms with Gasteiger partial charge in [-0.05, 0) is 29.7 Å². The summed E-state index contributed by atoms with van der Waals surface area (Å²) < 4.78 is 7.61. The highest BCUT2D eigenvalue weighted by Gasteiger charge is 2.19. The second kappa shape index (κ2) is 9.12. The number of aromatic nitrogens is 3. The summed E-state index contributed by atoms with van der Waals surface area (Å²) in [6, 6.07) is 18.3. The van der Waals surface area contributed by atoms with Crippen molar-refractivity contribution in [3.63, 3.8) is 0 Å². The summed E-state index contributed by atoms with van der Waals surface area (Å²) in [7, 11) is 0. The first-order chi connectivity index (χ1) is 14.3. The molecule has 0 saturated carbocycles. The number of morpholine rings is 1. The van der Waals surface area contributed by atoms with Crippen LogP contribution in [0.3, 0.4) is 0 Å². The third-order valence-corrected chi connectivity index (χ3v) is 6.03. The number of rotatable bonds is 6. The second-order valence-electron chi connectivity index (χ2n) is 6.77. The summed E-state index contributed by atoms with van der Waals surface area (Å²) in [5.41, 5.74) is 3.94. The quantitative estimate of drug-likeness (QED) is 0.578. The van der Waals surface area contributed by atoms with Gasteiger partial charge in [-0.3, -0.25) is 4.57 Å². The van der Waals surface area contributed by atoms with Gasteiger partial charge in [0.2, 0.25) is 5.95 Å². The number of ether oxygens (including phenoxy) is 1. The van der Waals surface area contributed by atoms with Gasteiger partial charge in [0.25, 0.3) is 0 Å². The largest absolute Gasteiger partial charge is 0.378 e. The van der Waals surface area contributed by atoms with Crippen molar-refractivity contribution in [1.29, 1.82) is 5.26 Å². The van der Waals surface area contributed by atoms with Gasteiger partial charge in [0, 0.05) is 25.4 Å². The molecule has 6 nitrogen and oxygen atoms in total. The highest BCUT2D eigenvalue weighted by atomic mass is 32.2. The SMILES string of the molecule is CCn1c(SCc2ccc(-c3ccccc3C#N)cc2)nnc1N1CCOCC1. The van der Waals surface area contributed by atoms with E-state index in [2.05, 4.69) is 56.9 Å². The van der Waals surface area contributed by atoms with Crippen molar-refractivity contribution in [2.45, 2.75) is 24.4 Å². The molecule has 1 saturated heterocycles. The van der Waals surface area contributed by atoms with Gasteiger partial charge < -0.3 is 9.64 Å². The topological polar surface area (TPSA) is 67.0 Å². The van der Waals surface area contributed by atoms with Crippen LogP contribution in [0.5, 0.6) is 0 Å². The standard InChI is InChI=1S/C22H23N5OS/c1-2-27-21(26-11-13-28-14-12-26)24-25-22(27)29-16-17-7-9-18(10-8-17)20-6-4-3-5-19(20)15-23/h3-10H,2,11-14,16H2,1H3. The molecule has 0 amide bonds. The zero-order valence-corrected chi connectivity index (χ0v) is 17.2. The molecule has 4 rings (SSSR count). The van der Waals surface area contributed by atoms with E-state index in [4.69, 9.17) is 4.74 Å². The maximum Gasteiger partial charge on any atom is 0.228 e. The van der Waals surface area contributed by atoms with E-state index in [-0.39, 0.29) is 0 Å². The lowest BCUT2D eigenvalue weighted by molar-refractivity contribution is 0.121. The first kappa shape index (κ1) is 19.5. The molecule has 7 heteroatoms. The van der Waals surface area contributed by atoms with Crippen molar-refractivity contribution in [3.05, 3.63) is 59.7 Å². The fourth-order valence-corrected chi connectivity index (χ4v) is 4.38. The minimum absolute atomic E-state index is 0.696. The lowest BCUT2D eigenvalue weighted by atomic mass is 10.00. The van der Waals surface area contributed by atoms with E-state index in [0.29, 0.717) is 5.56 Å². The van der Waals surface area contributed by atoms with Gasteiger partial charge in [-0.2, -0.15) is 5.26 Å². The number of nitriles is 1. The summed E-state index contributed by atoms with van der Waals surface area (Å²) in [5.74, 6) is 1.75.